The Kier molecular flexibility index (Phi) is 4.10. The van der Waals surface area contributed by atoms with Gasteiger partial charge in [-0.1, -0.05) is 0 Å². The van der Waals surface area contributed by atoms with E-state index in [-0.39, 0.29) is 5.91 Å². The fraction of sp³-hybridized carbons (Fsp3) is 0.471. The fourth-order valence-electron chi connectivity index (χ4n) is 3.29. The summed E-state index contributed by atoms with van der Waals surface area (Å²) < 4.78 is 0. The maximum atomic E-state index is 12.4. The Balaban J connectivity index is 1.47. The number of aromatic nitrogens is 2. The van der Waals surface area contributed by atoms with Crippen LogP contribution in [-0.4, -0.2) is 22.4 Å². The topological polar surface area (TPSA) is 66.9 Å². The van der Waals surface area contributed by atoms with E-state index in [4.69, 9.17) is 0 Å². The van der Waals surface area contributed by atoms with E-state index in [9.17, 15) is 4.79 Å². The second-order valence-electron chi connectivity index (χ2n) is 6.18. The smallest absolute Gasteiger partial charge is 0.268 e. The first-order valence-electron chi connectivity index (χ1n) is 8.29. The average Bonchev–Trinajstić information content (AvgIpc) is 3.26. The number of hydrogen-bond donors (Lipinski definition) is 2. The molecule has 0 spiro atoms. The van der Waals surface area contributed by atoms with Crippen LogP contribution in [0, 0.1) is 0 Å². The van der Waals surface area contributed by atoms with E-state index < -0.39 is 0 Å². The van der Waals surface area contributed by atoms with Gasteiger partial charge in [-0.2, -0.15) is 0 Å². The molecule has 0 radical (unpaired) electrons. The number of anilines is 1. The Morgan fingerprint density at radius 1 is 1.26 bits per heavy atom. The lowest BCUT2D eigenvalue weighted by molar-refractivity contribution is 0.102. The highest BCUT2D eigenvalue weighted by atomic mass is 32.1. The first-order chi connectivity index (χ1) is 11.3. The standard InChI is InChI=1S/C17H20N4OS/c22-16(15-8-7-14(23-15)13-6-3-9-18-13)21-17-19-10-11-4-1-2-5-12(11)20-17/h7-8,10,13,18H,1-6,9H2,(H,19,20,21,22)/t13-/m0/s1. The second-order valence-corrected chi connectivity index (χ2v) is 7.29. The van der Waals surface area contributed by atoms with Gasteiger partial charge in [0.25, 0.3) is 5.91 Å². The third-order valence-electron chi connectivity index (χ3n) is 4.54. The zero-order valence-corrected chi connectivity index (χ0v) is 13.8. The summed E-state index contributed by atoms with van der Waals surface area (Å²) in [5.41, 5.74) is 2.31. The minimum atomic E-state index is -0.116. The number of nitrogens with zero attached hydrogens (tertiary/aromatic N) is 2. The number of hydrogen-bond acceptors (Lipinski definition) is 5. The summed E-state index contributed by atoms with van der Waals surface area (Å²) in [7, 11) is 0. The molecule has 6 heteroatoms. The summed E-state index contributed by atoms with van der Waals surface area (Å²) in [6.07, 6.45) is 8.61. The molecule has 1 aliphatic heterocycles. The fourth-order valence-corrected chi connectivity index (χ4v) is 4.30. The molecule has 3 heterocycles. The van der Waals surface area contributed by atoms with Crippen LogP contribution in [0.15, 0.2) is 18.3 Å². The Morgan fingerprint density at radius 2 is 2.17 bits per heavy atom. The van der Waals surface area contributed by atoms with E-state index in [1.807, 2.05) is 12.3 Å². The van der Waals surface area contributed by atoms with Crippen molar-refractivity contribution in [1.82, 2.24) is 15.3 Å². The second kappa shape index (κ2) is 6.37. The lowest BCUT2D eigenvalue weighted by atomic mass is 9.98. The predicted octanol–water partition coefficient (Wildman–Crippen LogP) is 3.09. The molecule has 0 aromatic carbocycles. The van der Waals surface area contributed by atoms with Crippen LogP contribution >= 0.6 is 11.3 Å². The van der Waals surface area contributed by atoms with Crippen molar-refractivity contribution < 1.29 is 4.79 Å². The maximum absolute atomic E-state index is 12.4. The van der Waals surface area contributed by atoms with Gasteiger partial charge in [0, 0.05) is 22.8 Å². The highest BCUT2D eigenvalue weighted by Gasteiger charge is 2.20. The number of carbonyl (C=O) groups is 1. The average molecular weight is 328 g/mol. The van der Waals surface area contributed by atoms with Gasteiger partial charge < -0.3 is 5.32 Å². The van der Waals surface area contributed by atoms with Crippen molar-refractivity contribution in [2.45, 2.75) is 44.6 Å². The Labute approximate surface area is 139 Å². The molecule has 1 atom stereocenters. The third-order valence-corrected chi connectivity index (χ3v) is 5.74. The van der Waals surface area contributed by atoms with Crippen molar-refractivity contribution in [2.75, 3.05) is 11.9 Å². The predicted molar refractivity (Wildman–Crippen MR) is 90.9 cm³/mol. The van der Waals surface area contributed by atoms with Crippen molar-refractivity contribution in [1.29, 1.82) is 0 Å². The molecule has 4 rings (SSSR count). The third kappa shape index (κ3) is 3.14. The molecule has 2 aromatic rings. The first-order valence-corrected chi connectivity index (χ1v) is 9.10. The monoisotopic (exact) mass is 328 g/mol. The molecule has 120 valence electrons. The van der Waals surface area contributed by atoms with Crippen molar-refractivity contribution in [3.8, 4) is 0 Å². The van der Waals surface area contributed by atoms with Crippen molar-refractivity contribution in [3.63, 3.8) is 0 Å². The lowest BCUT2D eigenvalue weighted by Gasteiger charge is -2.14. The molecule has 1 saturated heterocycles. The summed E-state index contributed by atoms with van der Waals surface area (Å²) in [5.74, 6) is 0.305. The van der Waals surface area contributed by atoms with E-state index in [1.165, 1.54) is 29.7 Å². The molecule has 2 aliphatic rings. The minimum absolute atomic E-state index is 0.116. The van der Waals surface area contributed by atoms with Gasteiger partial charge in [-0.25, -0.2) is 9.97 Å². The largest absolute Gasteiger partial charge is 0.309 e. The van der Waals surface area contributed by atoms with Gasteiger partial charge in [0.15, 0.2) is 0 Å². The molecular formula is C17H20N4OS. The van der Waals surface area contributed by atoms with Gasteiger partial charge in [-0.3, -0.25) is 10.1 Å². The molecule has 0 unspecified atom stereocenters. The van der Waals surface area contributed by atoms with Crippen LogP contribution in [0.3, 0.4) is 0 Å². The number of rotatable bonds is 3. The molecule has 0 saturated carbocycles. The van der Waals surface area contributed by atoms with Crippen molar-refractivity contribution >= 4 is 23.2 Å². The molecule has 1 fully saturated rings. The van der Waals surface area contributed by atoms with Crippen LogP contribution in [0.4, 0.5) is 5.95 Å². The van der Waals surface area contributed by atoms with Gasteiger partial charge in [0.2, 0.25) is 5.95 Å². The normalized spacial score (nSPS) is 20.3. The number of fused-ring (bicyclic) bond motifs is 1. The molecule has 23 heavy (non-hydrogen) atoms. The molecule has 2 N–H and O–H groups in total. The minimum Gasteiger partial charge on any atom is -0.309 e. The van der Waals surface area contributed by atoms with Gasteiger partial charge in [-0.15, -0.1) is 11.3 Å². The summed E-state index contributed by atoms with van der Waals surface area (Å²) in [6, 6.07) is 4.35. The van der Waals surface area contributed by atoms with E-state index in [0.29, 0.717) is 12.0 Å². The van der Waals surface area contributed by atoms with Crippen LogP contribution in [0.1, 0.15) is 57.5 Å². The maximum Gasteiger partial charge on any atom is 0.268 e. The Bertz CT molecular complexity index is 721. The zero-order chi connectivity index (χ0) is 15.6. The molecule has 2 aromatic heterocycles. The van der Waals surface area contributed by atoms with Gasteiger partial charge in [0.1, 0.15) is 0 Å². The lowest BCUT2D eigenvalue weighted by Crippen LogP contribution is -2.15. The van der Waals surface area contributed by atoms with E-state index >= 15 is 0 Å². The van der Waals surface area contributed by atoms with Crippen LogP contribution < -0.4 is 10.6 Å². The number of aryl methyl sites for hydroxylation is 2. The van der Waals surface area contributed by atoms with Crippen molar-refractivity contribution in [2.24, 2.45) is 0 Å². The van der Waals surface area contributed by atoms with E-state index in [0.717, 1.165) is 36.4 Å². The van der Waals surface area contributed by atoms with E-state index in [1.54, 1.807) is 11.3 Å². The molecule has 0 bridgehead atoms. The van der Waals surface area contributed by atoms with Crippen LogP contribution in [0.25, 0.3) is 0 Å². The van der Waals surface area contributed by atoms with E-state index in [2.05, 4.69) is 26.7 Å². The van der Waals surface area contributed by atoms with Crippen LogP contribution in [-0.2, 0) is 12.8 Å². The molecule has 5 nitrogen and oxygen atoms in total. The number of carbonyl (C=O) groups excluding carboxylic acids is 1. The summed E-state index contributed by atoms with van der Waals surface area (Å²) in [6.45, 7) is 1.06. The van der Waals surface area contributed by atoms with Gasteiger partial charge in [-0.05, 0) is 62.8 Å². The Hall–Kier alpha value is -1.79. The number of amides is 1. The van der Waals surface area contributed by atoms with Crippen molar-refractivity contribution in [3.05, 3.63) is 39.3 Å². The zero-order valence-electron chi connectivity index (χ0n) is 13.0. The highest BCUT2D eigenvalue weighted by molar-refractivity contribution is 7.14. The number of thiophene rings is 1. The van der Waals surface area contributed by atoms with Gasteiger partial charge >= 0.3 is 0 Å². The first kappa shape index (κ1) is 14.8. The number of nitrogens with one attached hydrogen (secondary N) is 2. The molecule has 1 aliphatic carbocycles. The highest BCUT2D eigenvalue weighted by Crippen LogP contribution is 2.29. The SMILES string of the molecule is O=C(Nc1ncc2c(n1)CCCC2)c1ccc([C@@H]2CCCN2)s1. The molecule has 1 amide bonds. The molecular weight excluding hydrogens is 308 g/mol. The summed E-state index contributed by atoms with van der Waals surface area (Å²) >= 11 is 1.56. The summed E-state index contributed by atoms with van der Waals surface area (Å²) in [4.78, 5) is 23.2. The quantitative estimate of drug-likeness (QED) is 0.908. The van der Waals surface area contributed by atoms with Crippen LogP contribution in [0.5, 0.6) is 0 Å². The van der Waals surface area contributed by atoms with Gasteiger partial charge in [0.05, 0.1) is 4.88 Å². The van der Waals surface area contributed by atoms with Crippen LogP contribution in [0.2, 0.25) is 0 Å². The Morgan fingerprint density at radius 3 is 3.04 bits per heavy atom. The summed E-state index contributed by atoms with van der Waals surface area (Å²) in [5, 5.41) is 6.30.